The normalized spacial score (nSPS) is 9.80. The SMILES string of the molecule is Cc1c(O)ccc(I)c1N. The first-order valence-corrected chi connectivity index (χ1v) is 3.94. The lowest BCUT2D eigenvalue weighted by molar-refractivity contribution is 0.471. The number of nitrogens with two attached hydrogens (primary N) is 1. The van der Waals surface area contributed by atoms with E-state index < -0.39 is 0 Å². The molecule has 10 heavy (non-hydrogen) atoms. The van der Waals surface area contributed by atoms with E-state index in [0.29, 0.717) is 5.69 Å². The molecule has 3 heteroatoms. The van der Waals surface area contributed by atoms with Crippen LogP contribution in [0.3, 0.4) is 0 Å². The maximum absolute atomic E-state index is 9.14. The van der Waals surface area contributed by atoms with E-state index in [1.165, 1.54) is 0 Å². The molecule has 0 spiro atoms. The number of rotatable bonds is 0. The van der Waals surface area contributed by atoms with Crippen LogP contribution < -0.4 is 5.73 Å². The van der Waals surface area contributed by atoms with Crippen LogP contribution in [0.5, 0.6) is 5.75 Å². The summed E-state index contributed by atoms with van der Waals surface area (Å²) < 4.78 is 0.980. The zero-order valence-corrected chi connectivity index (χ0v) is 7.71. The van der Waals surface area contributed by atoms with Gasteiger partial charge in [-0.1, -0.05) is 0 Å². The van der Waals surface area contributed by atoms with Gasteiger partial charge in [-0.15, -0.1) is 0 Å². The summed E-state index contributed by atoms with van der Waals surface area (Å²) in [4.78, 5) is 0. The van der Waals surface area contributed by atoms with E-state index >= 15 is 0 Å². The molecule has 0 fully saturated rings. The summed E-state index contributed by atoms with van der Waals surface area (Å²) in [5, 5.41) is 9.14. The summed E-state index contributed by atoms with van der Waals surface area (Å²) in [6, 6.07) is 3.44. The highest BCUT2D eigenvalue weighted by Crippen LogP contribution is 2.26. The largest absolute Gasteiger partial charge is 0.508 e. The van der Waals surface area contributed by atoms with Crippen LogP contribution in [0, 0.1) is 10.5 Å². The number of halogens is 1. The van der Waals surface area contributed by atoms with Gasteiger partial charge in [0.2, 0.25) is 0 Å². The number of nitrogen functional groups attached to an aromatic ring is 1. The van der Waals surface area contributed by atoms with Crippen LogP contribution in [0.2, 0.25) is 0 Å². The van der Waals surface area contributed by atoms with Crippen LogP contribution in [0.25, 0.3) is 0 Å². The van der Waals surface area contributed by atoms with E-state index in [4.69, 9.17) is 10.8 Å². The topological polar surface area (TPSA) is 46.2 Å². The maximum Gasteiger partial charge on any atom is 0.120 e. The van der Waals surface area contributed by atoms with Gasteiger partial charge < -0.3 is 10.8 Å². The lowest BCUT2D eigenvalue weighted by atomic mass is 10.2. The molecule has 0 heterocycles. The number of aromatic hydroxyl groups is 1. The van der Waals surface area contributed by atoms with E-state index in [-0.39, 0.29) is 5.75 Å². The monoisotopic (exact) mass is 249 g/mol. The van der Waals surface area contributed by atoms with Gasteiger partial charge in [-0.3, -0.25) is 0 Å². The number of anilines is 1. The fraction of sp³-hybridized carbons (Fsp3) is 0.143. The minimum absolute atomic E-state index is 0.262. The van der Waals surface area contributed by atoms with Crippen LogP contribution in [-0.4, -0.2) is 5.11 Å². The van der Waals surface area contributed by atoms with Crippen molar-refractivity contribution in [3.05, 3.63) is 21.3 Å². The van der Waals surface area contributed by atoms with Crippen LogP contribution in [0.1, 0.15) is 5.56 Å². The molecule has 0 aliphatic carbocycles. The smallest absolute Gasteiger partial charge is 0.120 e. The maximum atomic E-state index is 9.14. The van der Waals surface area contributed by atoms with E-state index in [2.05, 4.69) is 22.6 Å². The molecule has 0 aliphatic rings. The molecular formula is C7H8INO. The summed E-state index contributed by atoms with van der Waals surface area (Å²) >= 11 is 2.13. The average molecular weight is 249 g/mol. The molecule has 2 nitrogen and oxygen atoms in total. The number of benzene rings is 1. The Morgan fingerprint density at radius 3 is 2.60 bits per heavy atom. The van der Waals surface area contributed by atoms with Crippen molar-refractivity contribution >= 4 is 28.3 Å². The Kier molecular flexibility index (Phi) is 2.03. The summed E-state index contributed by atoms with van der Waals surface area (Å²) in [5.74, 6) is 0.262. The van der Waals surface area contributed by atoms with Crippen molar-refractivity contribution in [3.63, 3.8) is 0 Å². The third-order valence-corrected chi connectivity index (χ3v) is 2.37. The Hall–Kier alpha value is -0.450. The summed E-state index contributed by atoms with van der Waals surface area (Å²) in [6.45, 7) is 1.80. The Labute approximate surface area is 73.2 Å². The molecule has 0 atom stereocenters. The third-order valence-electron chi connectivity index (χ3n) is 1.43. The molecule has 1 rings (SSSR count). The molecule has 3 N–H and O–H groups in total. The number of phenols is 1. The van der Waals surface area contributed by atoms with E-state index in [9.17, 15) is 0 Å². The summed E-state index contributed by atoms with van der Waals surface area (Å²) in [7, 11) is 0. The quantitative estimate of drug-likeness (QED) is 0.544. The predicted octanol–water partition coefficient (Wildman–Crippen LogP) is 1.89. The van der Waals surface area contributed by atoms with Crippen molar-refractivity contribution < 1.29 is 5.11 Å². The van der Waals surface area contributed by atoms with Gasteiger partial charge in [-0.25, -0.2) is 0 Å². The lowest BCUT2D eigenvalue weighted by Gasteiger charge is -2.03. The first-order valence-electron chi connectivity index (χ1n) is 2.86. The van der Waals surface area contributed by atoms with Gasteiger partial charge in [0, 0.05) is 9.13 Å². The van der Waals surface area contributed by atoms with Crippen molar-refractivity contribution in [1.29, 1.82) is 0 Å². The van der Waals surface area contributed by atoms with Crippen molar-refractivity contribution in [2.75, 3.05) is 5.73 Å². The average Bonchev–Trinajstić information content (AvgIpc) is 1.93. The second kappa shape index (κ2) is 2.65. The highest BCUT2D eigenvalue weighted by atomic mass is 127. The Balaban J connectivity index is 3.34. The van der Waals surface area contributed by atoms with Gasteiger partial charge >= 0.3 is 0 Å². The number of hydrogen-bond donors (Lipinski definition) is 2. The molecule has 54 valence electrons. The van der Waals surface area contributed by atoms with Gasteiger partial charge in [0.25, 0.3) is 0 Å². The van der Waals surface area contributed by atoms with Crippen molar-refractivity contribution in [3.8, 4) is 5.75 Å². The molecule has 0 saturated carbocycles. The molecule has 0 bridgehead atoms. The number of hydrogen-bond acceptors (Lipinski definition) is 2. The zero-order valence-electron chi connectivity index (χ0n) is 5.56. The highest BCUT2D eigenvalue weighted by Gasteiger charge is 2.01. The molecule has 0 saturated heterocycles. The lowest BCUT2D eigenvalue weighted by Crippen LogP contribution is -1.92. The molecule has 0 amide bonds. The molecule has 0 aromatic heterocycles. The van der Waals surface area contributed by atoms with Crippen LogP contribution in [-0.2, 0) is 0 Å². The van der Waals surface area contributed by atoms with Gasteiger partial charge in [0.05, 0.1) is 5.69 Å². The van der Waals surface area contributed by atoms with Crippen molar-refractivity contribution in [1.82, 2.24) is 0 Å². The minimum atomic E-state index is 0.262. The molecule has 1 aromatic rings. The second-order valence-electron chi connectivity index (χ2n) is 2.11. The number of phenolic OH excluding ortho intramolecular Hbond substituents is 1. The summed E-state index contributed by atoms with van der Waals surface area (Å²) in [5.41, 5.74) is 7.04. The Morgan fingerprint density at radius 1 is 1.50 bits per heavy atom. The first-order chi connectivity index (χ1) is 4.63. The van der Waals surface area contributed by atoms with Gasteiger partial charge in [-0.05, 0) is 41.6 Å². The second-order valence-corrected chi connectivity index (χ2v) is 3.27. The van der Waals surface area contributed by atoms with E-state index in [0.717, 1.165) is 9.13 Å². The first kappa shape index (κ1) is 7.65. The van der Waals surface area contributed by atoms with Crippen LogP contribution >= 0.6 is 22.6 Å². The Morgan fingerprint density at radius 2 is 2.10 bits per heavy atom. The molecular weight excluding hydrogens is 241 g/mol. The molecule has 0 unspecified atom stereocenters. The third kappa shape index (κ3) is 1.18. The van der Waals surface area contributed by atoms with Crippen molar-refractivity contribution in [2.45, 2.75) is 6.92 Å². The molecule has 1 aromatic carbocycles. The van der Waals surface area contributed by atoms with E-state index in [1.807, 2.05) is 0 Å². The Bertz CT molecular complexity index is 233. The fourth-order valence-electron chi connectivity index (χ4n) is 0.684. The molecule has 0 aliphatic heterocycles. The van der Waals surface area contributed by atoms with Gasteiger partial charge in [0.1, 0.15) is 5.75 Å². The van der Waals surface area contributed by atoms with Gasteiger partial charge in [-0.2, -0.15) is 0 Å². The zero-order chi connectivity index (χ0) is 7.72. The fourth-order valence-corrected chi connectivity index (χ4v) is 1.27. The highest BCUT2D eigenvalue weighted by molar-refractivity contribution is 14.1. The standard InChI is InChI=1S/C7H8INO/c1-4-6(10)3-2-5(8)7(4)9/h2-3,10H,9H2,1H3. The van der Waals surface area contributed by atoms with Crippen LogP contribution in [0.4, 0.5) is 5.69 Å². The minimum Gasteiger partial charge on any atom is -0.508 e. The van der Waals surface area contributed by atoms with Crippen molar-refractivity contribution in [2.24, 2.45) is 0 Å². The van der Waals surface area contributed by atoms with Gasteiger partial charge in [0.15, 0.2) is 0 Å². The molecule has 0 radical (unpaired) electrons. The summed E-state index contributed by atoms with van der Waals surface area (Å²) in [6.07, 6.45) is 0. The van der Waals surface area contributed by atoms with E-state index in [1.54, 1.807) is 19.1 Å². The predicted molar refractivity (Wildman–Crippen MR) is 50.0 cm³/mol. The van der Waals surface area contributed by atoms with Crippen LogP contribution in [0.15, 0.2) is 12.1 Å².